The van der Waals surface area contributed by atoms with Gasteiger partial charge >= 0.3 is 0 Å². The number of nitrogens with zero attached hydrogens (tertiary/aromatic N) is 3. The number of hydrogen-bond donors (Lipinski definition) is 1. The molecule has 7 heteroatoms. The zero-order chi connectivity index (χ0) is 14.5. The summed E-state index contributed by atoms with van der Waals surface area (Å²) in [5.74, 6) is 0.480. The lowest BCUT2D eigenvalue weighted by atomic mass is 10.2. The molecule has 0 unspecified atom stereocenters. The maximum atomic E-state index is 10.8. The van der Waals surface area contributed by atoms with Crippen LogP contribution < -0.4 is 10.1 Å². The molecular weight excluding hydrogens is 260 g/mol. The Bertz CT molecular complexity index is 609. The predicted octanol–water partition coefficient (Wildman–Crippen LogP) is 1.63. The van der Waals surface area contributed by atoms with Crippen LogP contribution in [0.4, 0.5) is 5.69 Å². The largest absolute Gasteiger partial charge is 0.496 e. The molecule has 1 aromatic heterocycles. The first-order valence-corrected chi connectivity index (χ1v) is 6.10. The zero-order valence-electron chi connectivity index (χ0n) is 11.4. The SMILES string of the molecule is COc1cc(CNCc2ccn(C)n2)cc([N+](=O)[O-])c1. The first-order chi connectivity index (χ1) is 9.58. The van der Waals surface area contributed by atoms with E-state index in [0.29, 0.717) is 18.8 Å². The summed E-state index contributed by atoms with van der Waals surface area (Å²) < 4.78 is 6.80. The first-order valence-electron chi connectivity index (χ1n) is 6.10. The second-order valence-electron chi connectivity index (χ2n) is 4.38. The molecule has 2 rings (SSSR count). The van der Waals surface area contributed by atoms with Crippen molar-refractivity contribution in [2.45, 2.75) is 13.1 Å². The van der Waals surface area contributed by atoms with E-state index in [0.717, 1.165) is 11.3 Å². The van der Waals surface area contributed by atoms with Crippen molar-refractivity contribution >= 4 is 5.69 Å². The summed E-state index contributed by atoms with van der Waals surface area (Å²) in [6.45, 7) is 1.11. The van der Waals surface area contributed by atoms with E-state index in [1.54, 1.807) is 10.7 Å². The lowest BCUT2D eigenvalue weighted by molar-refractivity contribution is -0.385. The molecule has 0 aliphatic carbocycles. The van der Waals surface area contributed by atoms with Crippen LogP contribution in [0.25, 0.3) is 0 Å². The average Bonchev–Trinajstić information content (AvgIpc) is 2.84. The molecule has 20 heavy (non-hydrogen) atoms. The fourth-order valence-corrected chi connectivity index (χ4v) is 1.86. The highest BCUT2D eigenvalue weighted by molar-refractivity contribution is 5.42. The summed E-state index contributed by atoms with van der Waals surface area (Å²) in [5, 5.41) is 18.3. The number of aryl methyl sites for hydroxylation is 1. The van der Waals surface area contributed by atoms with E-state index >= 15 is 0 Å². The molecule has 7 nitrogen and oxygen atoms in total. The molecule has 0 aliphatic rings. The van der Waals surface area contributed by atoms with Gasteiger partial charge in [0, 0.05) is 32.4 Å². The van der Waals surface area contributed by atoms with E-state index in [9.17, 15) is 10.1 Å². The fourth-order valence-electron chi connectivity index (χ4n) is 1.86. The number of rotatable bonds is 6. The van der Waals surface area contributed by atoms with Gasteiger partial charge in [-0.05, 0) is 17.7 Å². The van der Waals surface area contributed by atoms with E-state index in [1.165, 1.54) is 19.2 Å². The van der Waals surface area contributed by atoms with Crippen molar-refractivity contribution in [2.75, 3.05) is 7.11 Å². The van der Waals surface area contributed by atoms with Crippen LogP contribution in [-0.2, 0) is 20.1 Å². The van der Waals surface area contributed by atoms with Crippen molar-refractivity contribution in [3.8, 4) is 5.75 Å². The highest BCUT2D eigenvalue weighted by Crippen LogP contribution is 2.22. The van der Waals surface area contributed by atoms with Crippen molar-refractivity contribution in [2.24, 2.45) is 7.05 Å². The number of nitro benzene ring substituents is 1. The Labute approximate surface area is 116 Å². The monoisotopic (exact) mass is 276 g/mol. The maximum absolute atomic E-state index is 10.8. The quantitative estimate of drug-likeness (QED) is 0.640. The normalized spacial score (nSPS) is 10.5. The van der Waals surface area contributed by atoms with E-state index in [1.807, 2.05) is 19.3 Å². The number of nitrogens with one attached hydrogen (secondary N) is 1. The van der Waals surface area contributed by atoms with Gasteiger partial charge in [-0.25, -0.2) is 0 Å². The molecule has 0 atom stereocenters. The molecule has 0 spiro atoms. The van der Waals surface area contributed by atoms with Gasteiger partial charge in [0.05, 0.1) is 23.8 Å². The smallest absolute Gasteiger partial charge is 0.273 e. The number of benzene rings is 1. The van der Waals surface area contributed by atoms with E-state index in [-0.39, 0.29) is 5.69 Å². The van der Waals surface area contributed by atoms with Gasteiger partial charge in [0.2, 0.25) is 0 Å². The van der Waals surface area contributed by atoms with Crippen LogP contribution in [0.15, 0.2) is 30.5 Å². The number of non-ortho nitro benzene ring substituents is 1. The molecule has 0 aliphatic heterocycles. The summed E-state index contributed by atoms with van der Waals surface area (Å²) in [6, 6.07) is 6.63. The minimum Gasteiger partial charge on any atom is -0.496 e. The molecule has 0 radical (unpaired) electrons. The second kappa shape index (κ2) is 6.16. The van der Waals surface area contributed by atoms with Gasteiger partial charge in [0.1, 0.15) is 5.75 Å². The van der Waals surface area contributed by atoms with Gasteiger partial charge in [0.15, 0.2) is 0 Å². The van der Waals surface area contributed by atoms with Crippen molar-refractivity contribution in [3.63, 3.8) is 0 Å². The van der Waals surface area contributed by atoms with E-state index < -0.39 is 4.92 Å². The fraction of sp³-hybridized carbons (Fsp3) is 0.308. The maximum Gasteiger partial charge on any atom is 0.273 e. The Balaban J connectivity index is 2.01. The predicted molar refractivity (Wildman–Crippen MR) is 73.4 cm³/mol. The Morgan fingerprint density at radius 2 is 2.20 bits per heavy atom. The third-order valence-corrected chi connectivity index (χ3v) is 2.80. The first kappa shape index (κ1) is 14.0. The Morgan fingerprint density at radius 1 is 1.40 bits per heavy atom. The molecule has 1 aromatic carbocycles. The van der Waals surface area contributed by atoms with Crippen LogP contribution in [0.2, 0.25) is 0 Å². The average molecular weight is 276 g/mol. The van der Waals surface area contributed by atoms with Crippen LogP contribution in [0.5, 0.6) is 5.75 Å². The van der Waals surface area contributed by atoms with Gasteiger partial charge < -0.3 is 10.1 Å². The van der Waals surface area contributed by atoms with Crippen LogP contribution >= 0.6 is 0 Å². The van der Waals surface area contributed by atoms with Gasteiger partial charge in [0.25, 0.3) is 5.69 Å². The van der Waals surface area contributed by atoms with Gasteiger partial charge in [-0.3, -0.25) is 14.8 Å². The summed E-state index contributed by atoms with van der Waals surface area (Å²) in [4.78, 5) is 10.4. The lowest BCUT2D eigenvalue weighted by Gasteiger charge is -2.06. The van der Waals surface area contributed by atoms with Crippen molar-refractivity contribution in [1.29, 1.82) is 0 Å². The molecule has 0 saturated heterocycles. The molecule has 2 aromatic rings. The minimum atomic E-state index is -0.426. The summed E-state index contributed by atoms with van der Waals surface area (Å²) in [5.41, 5.74) is 1.75. The van der Waals surface area contributed by atoms with Crippen LogP contribution in [0.1, 0.15) is 11.3 Å². The second-order valence-corrected chi connectivity index (χ2v) is 4.38. The molecule has 0 saturated carbocycles. The number of hydrogen-bond acceptors (Lipinski definition) is 5. The van der Waals surface area contributed by atoms with Crippen molar-refractivity contribution in [3.05, 3.63) is 51.8 Å². The van der Waals surface area contributed by atoms with Crippen molar-refractivity contribution in [1.82, 2.24) is 15.1 Å². The van der Waals surface area contributed by atoms with Crippen molar-refractivity contribution < 1.29 is 9.66 Å². The van der Waals surface area contributed by atoms with Gasteiger partial charge in [-0.15, -0.1) is 0 Å². The third-order valence-electron chi connectivity index (χ3n) is 2.80. The Morgan fingerprint density at radius 3 is 2.80 bits per heavy atom. The lowest BCUT2D eigenvalue weighted by Crippen LogP contribution is -2.13. The Kier molecular flexibility index (Phi) is 4.31. The molecule has 0 amide bonds. The highest BCUT2D eigenvalue weighted by atomic mass is 16.6. The number of ether oxygens (including phenoxy) is 1. The van der Waals surface area contributed by atoms with Gasteiger partial charge in [-0.2, -0.15) is 5.10 Å². The topological polar surface area (TPSA) is 82.2 Å². The van der Waals surface area contributed by atoms with E-state index in [4.69, 9.17) is 4.74 Å². The minimum absolute atomic E-state index is 0.0268. The van der Waals surface area contributed by atoms with Gasteiger partial charge in [-0.1, -0.05) is 0 Å². The molecule has 1 heterocycles. The molecule has 1 N–H and O–H groups in total. The highest BCUT2D eigenvalue weighted by Gasteiger charge is 2.10. The molecule has 0 bridgehead atoms. The molecule has 0 fully saturated rings. The summed E-state index contributed by atoms with van der Waals surface area (Å²) in [6.07, 6.45) is 1.87. The molecular formula is C13H16N4O3. The number of methoxy groups -OCH3 is 1. The Hall–Kier alpha value is -2.41. The van der Waals surface area contributed by atoms with Crippen LogP contribution in [0, 0.1) is 10.1 Å². The number of nitro groups is 1. The summed E-state index contributed by atoms with van der Waals surface area (Å²) in [7, 11) is 3.35. The van der Waals surface area contributed by atoms with Crippen LogP contribution in [-0.4, -0.2) is 21.8 Å². The zero-order valence-corrected chi connectivity index (χ0v) is 11.4. The third kappa shape index (κ3) is 3.55. The van der Waals surface area contributed by atoms with Crippen LogP contribution in [0.3, 0.4) is 0 Å². The molecule has 106 valence electrons. The van der Waals surface area contributed by atoms with E-state index in [2.05, 4.69) is 10.4 Å². The summed E-state index contributed by atoms with van der Waals surface area (Å²) >= 11 is 0. The standard InChI is InChI=1S/C13H16N4O3/c1-16-4-3-11(15-16)9-14-8-10-5-12(17(18)19)7-13(6-10)20-2/h3-7,14H,8-9H2,1-2H3. The number of aromatic nitrogens is 2.